The minimum atomic E-state index is -0.248. The van der Waals surface area contributed by atoms with Gasteiger partial charge in [0.1, 0.15) is 0 Å². The molecule has 3 heteroatoms. The van der Waals surface area contributed by atoms with E-state index in [1.165, 1.54) is 0 Å². The van der Waals surface area contributed by atoms with Crippen molar-refractivity contribution in [1.29, 1.82) is 0 Å². The summed E-state index contributed by atoms with van der Waals surface area (Å²) < 4.78 is 0. The molecule has 0 aliphatic carbocycles. The molecule has 1 heterocycles. The van der Waals surface area contributed by atoms with Crippen molar-refractivity contribution >= 4 is 11.7 Å². The number of hydrogen-bond donors (Lipinski definition) is 1. The van der Waals surface area contributed by atoms with Crippen LogP contribution in [0.2, 0.25) is 0 Å². The van der Waals surface area contributed by atoms with Crippen molar-refractivity contribution in [2.24, 2.45) is 11.3 Å². The van der Waals surface area contributed by atoms with Gasteiger partial charge < -0.3 is 5.32 Å². The van der Waals surface area contributed by atoms with Gasteiger partial charge in [-0.25, -0.2) is 0 Å². The van der Waals surface area contributed by atoms with Crippen LogP contribution in [0.5, 0.6) is 0 Å². The summed E-state index contributed by atoms with van der Waals surface area (Å²) in [6.45, 7) is 8.46. The molecule has 0 aromatic rings. The lowest BCUT2D eigenvalue weighted by molar-refractivity contribution is -0.122. The van der Waals surface area contributed by atoms with Crippen LogP contribution in [0.15, 0.2) is 0 Å². The van der Waals surface area contributed by atoms with E-state index in [4.69, 9.17) is 0 Å². The van der Waals surface area contributed by atoms with Crippen LogP contribution in [0.25, 0.3) is 0 Å². The maximum absolute atomic E-state index is 11.4. The van der Waals surface area contributed by atoms with Gasteiger partial charge in [0.05, 0.1) is 12.5 Å². The van der Waals surface area contributed by atoms with Crippen molar-refractivity contribution < 1.29 is 9.59 Å². The van der Waals surface area contributed by atoms with E-state index in [-0.39, 0.29) is 35.5 Å². The van der Waals surface area contributed by atoms with E-state index in [0.717, 1.165) is 6.42 Å². The van der Waals surface area contributed by atoms with Crippen LogP contribution in [-0.2, 0) is 9.59 Å². The van der Waals surface area contributed by atoms with Crippen LogP contribution in [0.3, 0.4) is 0 Å². The molecule has 1 amide bonds. The third-order valence-electron chi connectivity index (χ3n) is 2.50. The molecular formula is C11H19NO2. The molecule has 2 unspecified atom stereocenters. The van der Waals surface area contributed by atoms with E-state index < -0.39 is 0 Å². The maximum Gasteiger partial charge on any atom is 0.228 e. The lowest BCUT2D eigenvalue weighted by Gasteiger charge is -2.26. The summed E-state index contributed by atoms with van der Waals surface area (Å²) in [6.07, 6.45) is 1.02. The molecule has 1 N–H and O–H groups in total. The van der Waals surface area contributed by atoms with Crippen molar-refractivity contribution in [3.63, 3.8) is 0 Å². The first-order valence-corrected chi connectivity index (χ1v) is 5.12. The van der Waals surface area contributed by atoms with E-state index in [2.05, 4.69) is 26.1 Å². The van der Waals surface area contributed by atoms with Gasteiger partial charge in [-0.05, 0) is 17.8 Å². The van der Waals surface area contributed by atoms with Crippen LogP contribution >= 0.6 is 0 Å². The van der Waals surface area contributed by atoms with Gasteiger partial charge in [-0.15, -0.1) is 0 Å². The van der Waals surface area contributed by atoms with Crippen molar-refractivity contribution in [1.82, 2.24) is 5.32 Å². The van der Waals surface area contributed by atoms with Gasteiger partial charge in [0, 0.05) is 0 Å². The van der Waals surface area contributed by atoms with E-state index in [9.17, 15) is 9.59 Å². The highest BCUT2D eigenvalue weighted by molar-refractivity contribution is 6.07. The molecule has 0 aromatic heterocycles. The molecular weight excluding hydrogens is 178 g/mol. The molecule has 0 aromatic carbocycles. The third-order valence-corrected chi connectivity index (χ3v) is 2.50. The molecule has 0 radical (unpaired) electrons. The number of Topliss-reactive ketones (excluding diaryl/α,β-unsaturated/α-hetero) is 1. The van der Waals surface area contributed by atoms with Crippen LogP contribution in [-0.4, -0.2) is 17.7 Å². The SMILES string of the molecule is CC(CC(C)(C)C)C1NC(=O)CC1=O. The molecule has 0 bridgehead atoms. The lowest BCUT2D eigenvalue weighted by atomic mass is 9.82. The minimum absolute atomic E-state index is 0.0479. The summed E-state index contributed by atoms with van der Waals surface area (Å²) in [5.74, 6) is 0.154. The number of ketones is 1. The fourth-order valence-corrected chi connectivity index (χ4v) is 2.12. The monoisotopic (exact) mass is 197 g/mol. The summed E-state index contributed by atoms with van der Waals surface area (Å²) in [6, 6.07) is -0.248. The number of amides is 1. The molecule has 1 saturated heterocycles. The zero-order chi connectivity index (χ0) is 10.9. The second kappa shape index (κ2) is 3.71. The predicted molar refractivity (Wildman–Crippen MR) is 54.8 cm³/mol. The number of nitrogens with one attached hydrogen (secondary N) is 1. The standard InChI is InChI=1S/C11H19NO2/c1-7(6-11(2,3)4)10-8(13)5-9(14)12-10/h7,10H,5-6H2,1-4H3,(H,12,14). The van der Waals surface area contributed by atoms with Gasteiger partial charge in [-0.3, -0.25) is 9.59 Å². The second-order valence-electron chi connectivity index (χ2n) is 5.43. The average Bonchev–Trinajstić information content (AvgIpc) is 2.26. The van der Waals surface area contributed by atoms with Gasteiger partial charge >= 0.3 is 0 Å². The van der Waals surface area contributed by atoms with E-state index >= 15 is 0 Å². The molecule has 1 fully saturated rings. The van der Waals surface area contributed by atoms with Crippen molar-refractivity contribution in [3.05, 3.63) is 0 Å². The second-order valence-corrected chi connectivity index (χ2v) is 5.43. The Labute approximate surface area is 85.3 Å². The average molecular weight is 197 g/mol. The summed E-state index contributed by atoms with van der Waals surface area (Å²) in [5.41, 5.74) is 0.201. The Kier molecular flexibility index (Phi) is 2.98. The predicted octanol–water partition coefficient (Wildman–Crippen LogP) is 1.52. The molecule has 0 spiro atoms. The maximum atomic E-state index is 11.4. The smallest absolute Gasteiger partial charge is 0.228 e. The minimum Gasteiger partial charge on any atom is -0.346 e. The van der Waals surface area contributed by atoms with Crippen molar-refractivity contribution in [2.45, 2.75) is 46.6 Å². The Morgan fingerprint density at radius 1 is 1.43 bits per heavy atom. The highest BCUT2D eigenvalue weighted by Gasteiger charge is 2.35. The summed E-state index contributed by atoms with van der Waals surface area (Å²) in [5, 5.41) is 2.74. The Morgan fingerprint density at radius 2 is 2.00 bits per heavy atom. The lowest BCUT2D eigenvalue weighted by Crippen LogP contribution is -2.37. The summed E-state index contributed by atoms with van der Waals surface area (Å²) in [7, 11) is 0. The van der Waals surface area contributed by atoms with Crippen LogP contribution in [0.4, 0.5) is 0 Å². The highest BCUT2D eigenvalue weighted by atomic mass is 16.2. The fourth-order valence-electron chi connectivity index (χ4n) is 2.12. The molecule has 80 valence electrons. The quantitative estimate of drug-likeness (QED) is 0.682. The molecule has 1 aliphatic rings. The summed E-state index contributed by atoms with van der Waals surface area (Å²) in [4.78, 5) is 22.4. The molecule has 0 saturated carbocycles. The van der Waals surface area contributed by atoms with E-state index in [0.29, 0.717) is 0 Å². The Hall–Kier alpha value is -0.860. The molecule has 1 aliphatic heterocycles. The van der Waals surface area contributed by atoms with Crippen LogP contribution < -0.4 is 5.32 Å². The van der Waals surface area contributed by atoms with Gasteiger partial charge in [0.15, 0.2) is 5.78 Å². The largest absolute Gasteiger partial charge is 0.346 e. The van der Waals surface area contributed by atoms with Crippen molar-refractivity contribution in [2.75, 3.05) is 0 Å². The Morgan fingerprint density at radius 3 is 2.36 bits per heavy atom. The Balaban J connectivity index is 2.57. The summed E-state index contributed by atoms with van der Waals surface area (Å²) >= 11 is 0. The molecule has 14 heavy (non-hydrogen) atoms. The van der Waals surface area contributed by atoms with Crippen molar-refractivity contribution in [3.8, 4) is 0 Å². The molecule has 2 atom stereocenters. The first kappa shape index (κ1) is 11.2. The topological polar surface area (TPSA) is 46.2 Å². The zero-order valence-electron chi connectivity index (χ0n) is 9.39. The van der Waals surface area contributed by atoms with Gasteiger partial charge in [0.2, 0.25) is 5.91 Å². The van der Waals surface area contributed by atoms with Gasteiger partial charge in [-0.2, -0.15) is 0 Å². The van der Waals surface area contributed by atoms with Gasteiger partial charge in [0.25, 0.3) is 0 Å². The van der Waals surface area contributed by atoms with Gasteiger partial charge in [-0.1, -0.05) is 27.7 Å². The van der Waals surface area contributed by atoms with Crippen LogP contribution in [0, 0.1) is 11.3 Å². The molecule has 1 rings (SSSR count). The number of carbonyl (C=O) groups is 2. The normalized spacial score (nSPS) is 25.0. The number of hydrogen-bond acceptors (Lipinski definition) is 2. The number of rotatable bonds is 2. The number of carbonyl (C=O) groups excluding carboxylic acids is 2. The first-order valence-electron chi connectivity index (χ1n) is 5.12. The Bertz CT molecular complexity index is 253. The van der Waals surface area contributed by atoms with Crippen LogP contribution in [0.1, 0.15) is 40.5 Å². The zero-order valence-corrected chi connectivity index (χ0v) is 9.39. The van der Waals surface area contributed by atoms with E-state index in [1.54, 1.807) is 0 Å². The third kappa shape index (κ3) is 2.82. The van der Waals surface area contributed by atoms with E-state index in [1.807, 2.05) is 6.92 Å². The highest BCUT2D eigenvalue weighted by Crippen LogP contribution is 2.27. The fraction of sp³-hybridized carbons (Fsp3) is 0.818. The molecule has 3 nitrogen and oxygen atoms in total. The first-order chi connectivity index (χ1) is 6.29.